The van der Waals surface area contributed by atoms with E-state index in [4.69, 9.17) is 25.2 Å². The van der Waals surface area contributed by atoms with E-state index in [2.05, 4.69) is 36.1 Å². The molecule has 0 radical (unpaired) electrons. The molecule has 4 N–H and O–H groups in total. The number of ether oxygens (including phenoxy) is 2. The number of nitrogens with one attached hydrogen (secondary N) is 2. The lowest BCUT2D eigenvalue weighted by Gasteiger charge is -2.26. The third-order valence-corrected chi connectivity index (χ3v) is 7.39. The molecular formula is C24H27N9O2. The number of nitrogens with two attached hydrogens (primary N) is 1. The molecule has 2 saturated heterocycles. The fourth-order valence-corrected chi connectivity index (χ4v) is 5.40. The Bertz CT molecular complexity index is 1390. The fraction of sp³-hybridized carbons (Fsp3) is 0.417. The van der Waals surface area contributed by atoms with Crippen molar-refractivity contribution in [2.75, 3.05) is 61.6 Å². The predicted octanol–water partition coefficient (Wildman–Crippen LogP) is 1.96. The third-order valence-electron chi connectivity index (χ3n) is 7.39. The van der Waals surface area contributed by atoms with Crippen molar-refractivity contribution in [3.63, 3.8) is 0 Å². The molecule has 180 valence electrons. The first-order valence-corrected chi connectivity index (χ1v) is 12.0. The Morgan fingerprint density at radius 2 is 1.86 bits per heavy atom. The standard InChI is InChI=1S/C24H27N9O2/c1-26-17-4-2-3-14-18-21(29-20(14)17)30-24(31-22(18)33-11-15-16(12-33)19(15)25)35-13-9-27-23(28-10-13)32-5-7-34-8-6-32/h2-4,9-10,15-16,19,26H,5-8,11-12,25H2,1H3,(H,29,30,31). The van der Waals surface area contributed by atoms with E-state index in [-0.39, 0.29) is 6.01 Å². The van der Waals surface area contributed by atoms with Gasteiger partial charge in [-0.25, -0.2) is 9.97 Å². The number of nitrogens with zero attached hydrogens (tertiary/aromatic N) is 6. The Kier molecular flexibility index (Phi) is 4.68. The molecule has 0 spiro atoms. The number of aromatic amines is 1. The molecule has 3 aliphatic rings. The monoisotopic (exact) mass is 473 g/mol. The van der Waals surface area contributed by atoms with E-state index in [1.165, 1.54) is 0 Å². The van der Waals surface area contributed by atoms with Gasteiger partial charge in [0.1, 0.15) is 11.5 Å². The molecule has 1 aromatic carbocycles. The molecule has 3 fully saturated rings. The highest BCUT2D eigenvalue weighted by atomic mass is 16.5. The summed E-state index contributed by atoms with van der Waals surface area (Å²) in [6, 6.07) is 6.75. The predicted molar refractivity (Wildman–Crippen MR) is 133 cm³/mol. The van der Waals surface area contributed by atoms with E-state index >= 15 is 0 Å². The van der Waals surface area contributed by atoms with E-state index in [0.717, 1.165) is 59.6 Å². The molecule has 7 rings (SSSR count). The van der Waals surface area contributed by atoms with Gasteiger partial charge in [0, 0.05) is 44.7 Å². The first kappa shape index (κ1) is 20.7. The molecule has 4 aromatic rings. The summed E-state index contributed by atoms with van der Waals surface area (Å²) in [6.45, 7) is 4.71. The highest BCUT2D eigenvalue weighted by Crippen LogP contribution is 2.47. The average molecular weight is 474 g/mol. The van der Waals surface area contributed by atoms with Crippen LogP contribution in [0.3, 0.4) is 0 Å². The summed E-state index contributed by atoms with van der Waals surface area (Å²) in [4.78, 5) is 26.4. The Morgan fingerprint density at radius 3 is 2.60 bits per heavy atom. The van der Waals surface area contributed by atoms with Crippen LogP contribution in [0.4, 0.5) is 17.5 Å². The van der Waals surface area contributed by atoms with Crippen LogP contribution in [-0.4, -0.2) is 77.4 Å². The molecular weight excluding hydrogens is 446 g/mol. The SMILES string of the molecule is CNc1cccc2c1[nH]c1nc(Oc3cnc(N4CCOCC4)nc3)nc(N3CC4C(N)C4C3)c12. The Hall–Kier alpha value is -3.70. The van der Waals surface area contributed by atoms with Crippen LogP contribution < -0.4 is 25.6 Å². The van der Waals surface area contributed by atoms with Gasteiger partial charge in [0.05, 0.1) is 42.2 Å². The van der Waals surface area contributed by atoms with Crippen molar-refractivity contribution in [2.24, 2.45) is 17.6 Å². The van der Waals surface area contributed by atoms with Crippen LogP contribution in [0.25, 0.3) is 21.9 Å². The minimum atomic E-state index is 0.262. The lowest BCUT2D eigenvalue weighted by molar-refractivity contribution is 0.122. The van der Waals surface area contributed by atoms with Gasteiger partial charge >= 0.3 is 6.01 Å². The van der Waals surface area contributed by atoms with Gasteiger partial charge < -0.3 is 35.3 Å². The van der Waals surface area contributed by atoms with E-state index in [9.17, 15) is 0 Å². The van der Waals surface area contributed by atoms with Crippen molar-refractivity contribution < 1.29 is 9.47 Å². The van der Waals surface area contributed by atoms with Crippen LogP contribution >= 0.6 is 0 Å². The number of anilines is 3. The maximum atomic E-state index is 6.21. The largest absolute Gasteiger partial charge is 0.421 e. The Labute approximate surface area is 201 Å². The second kappa shape index (κ2) is 7.92. The van der Waals surface area contributed by atoms with Crippen molar-refractivity contribution in [1.82, 2.24) is 24.9 Å². The lowest BCUT2D eigenvalue weighted by Crippen LogP contribution is -2.37. The van der Waals surface area contributed by atoms with E-state index in [1.54, 1.807) is 12.4 Å². The summed E-state index contributed by atoms with van der Waals surface area (Å²) < 4.78 is 11.5. The molecule has 2 aliphatic heterocycles. The molecule has 0 amide bonds. The van der Waals surface area contributed by atoms with E-state index < -0.39 is 0 Å². The first-order chi connectivity index (χ1) is 17.2. The number of benzene rings is 1. The molecule has 2 atom stereocenters. The van der Waals surface area contributed by atoms with Gasteiger partial charge in [-0.2, -0.15) is 9.97 Å². The number of para-hydroxylation sites is 1. The van der Waals surface area contributed by atoms with Crippen molar-refractivity contribution in [3.8, 4) is 11.8 Å². The van der Waals surface area contributed by atoms with Crippen LogP contribution in [0.5, 0.6) is 11.8 Å². The van der Waals surface area contributed by atoms with Gasteiger partial charge in [-0.05, 0) is 17.9 Å². The molecule has 5 heterocycles. The first-order valence-electron chi connectivity index (χ1n) is 12.0. The number of aromatic nitrogens is 5. The van der Waals surface area contributed by atoms with Crippen molar-refractivity contribution in [3.05, 3.63) is 30.6 Å². The van der Waals surface area contributed by atoms with E-state index in [0.29, 0.717) is 42.8 Å². The summed E-state index contributed by atoms with van der Waals surface area (Å²) in [7, 11) is 1.91. The van der Waals surface area contributed by atoms with Crippen molar-refractivity contribution in [2.45, 2.75) is 6.04 Å². The van der Waals surface area contributed by atoms with Crippen LogP contribution in [0.2, 0.25) is 0 Å². The number of H-pyrrole nitrogens is 1. The summed E-state index contributed by atoms with van der Waals surface area (Å²) >= 11 is 0. The van der Waals surface area contributed by atoms with Gasteiger partial charge in [0.2, 0.25) is 5.95 Å². The fourth-order valence-electron chi connectivity index (χ4n) is 5.40. The third kappa shape index (κ3) is 3.41. The van der Waals surface area contributed by atoms with Gasteiger partial charge in [0.25, 0.3) is 0 Å². The second-order valence-electron chi connectivity index (χ2n) is 9.39. The van der Waals surface area contributed by atoms with Gasteiger partial charge in [-0.1, -0.05) is 12.1 Å². The minimum absolute atomic E-state index is 0.262. The highest BCUT2D eigenvalue weighted by Gasteiger charge is 2.54. The summed E-state index contributed by atoms with van der Waals surface area (Å²) in [5, 5.41) is 5.34. The van der Waals surface area contributed by atoms with Crippen LogP contribution in [0.15, 0.2) is 30.6 Å². The molecule has 11 nitrogen and oxygen atoms in total. The maximum Gasteiger partial charge on any atom is 0.326 e. The quantitative estimate of drug-likeness (QED) is 0.395. The topological polar surface area (TPSA) is 130 Å². The zero-order valence-corrected chi connectivity index (χ0v) is 19.4. The summed E-state index contributed by atoms with van der Waals surface area (Å²) in [5.41, 5.74) is 8.95. The number of rotatable bonds is 5. The zero-order valence-electron chi connectivity index (χ0n) is 19.4. The normalized spacial score (nSPS) is 23.7. The zero-order chi connectivity index (χ0) is 23.5. The van der Waals surface area contributed by atoms with Gasteiger partial charge in [-0.3, -0.25) is 0 Å². The summed E-state index contributed by atoms with van der Waals surface area (Å²) in [6.07, 6.45) is 3.33. The number of fused-ring (bicyclic) bond motifs is 4. The highest BCUT2D eigenvalue weighted by molar-refractivity contribution is 6.14. The van der Waals surface area contributed by atoms with Crippen molar-refractivity contribution in [1.29, 1.82) is 0 Å². The smallest absolute Gasteiger partial charge is 0.326 e. The van der Waals surface area contributed by atoms with Crippen LogP contribution in [0, 0.1) is 11.8 Å². The Morgan fingerprint density at radius 1 is 1.09 bits per heavy atom. The second-order valence-corrected chi connectivity index (χ2v) is 9.39. The lowest BCUT2D eigenvalue weighted by atomic mass is 10.1. The summed E-state index contributed by atoms with van der Waals surface area (Å²) in [5.74, 6) is 3.09. The van der Waals surface area contributed by atoms with Gasteiger partial charge in [0.15, 0.2) is 5.75 Å². The Balaban J connectivity index is 1.26. The molecule has 1 saturated carbocycles. The molecule has 1 aliphatic carbocycles. The minimum Gasteiger partial charge on any atom is -0.421 e. The molecule has 0 bridgehead atoms. The van der Waals surface area contributed by atoms with Crippen LogP contribution in [-0.2, 0) is 4.74 Å². The number of piperidine rings is 1. The number of morpholine rings is 1. The number of hydrogen-bond acceptors (Lipinski definition) is 10. The molecule has 35 heavy (non-hydrogen) atoms. The van der Waals surface area contributed by atoms with E-state index in [1.807, 2.05) is 19.2 Å². The maximum absolute atomic E-state index is 6.21. The van der Waals surface area contributed by atoms with Crippen molar-refractivity contribution >= 4 is 39.4 Å². The number of hydrogen-bond donors (Lipinski definition) is 3. The molecule has 3 aromatic heterocycles. The van der Waals surface area contributed by atoms with Crippen LogP contribution in [0.1, 0.15) is 0 Å². The molecule has 11 heteroatoms. The average Bonchev–Trinajstić information content (AvgIpc) is 3.23. The molecule has 2 unspecified atom stereocenters. The van der Waals surface area contributed by atoms with Gasteiger partial charge in [-0.15, -0.1) is 0 Å².